The number of ether oxygens (including phenoxy) is 1. The summed E-state index contributed by atoms with van der Waals surface area (Å²) >= 11 is 6.15. The number of anilines is 1. The second kappa shape index (κ2) is 7.57. The van der Waals surface area contributed by atoms with Crippen LogP contribution in [0, 0.1) is 0 Å². The van der Waals surface area contributed by atoms with Gasteiger partial charge in [0.05, 0.1) is 6.04 Å². The standard InChI is InChI=1S/C22H18ClF2NO/c23-16-6-1-4-14(12-16)18-8-3-9-21-19(18)10-11-20(26-21)15-5-2-7-17(13-15)27-22(24)25/h1-9,12-13,20,22,26H,10-11H2. The second-order valence-electron chi connectivity index (χ2n) is 6.53. The van der Waals surface area contributed by atoms with Crippen LogP contribution in [0.1, 0.15) is 23.6 Å². The van der Waals surface area contributed by atoms with Crippen molar-refractivity contribution in [2.24, 2.45) is 0 Å². The highest BCUT2D eigenvalue weighted by Crippen LogP contribution is 2.39. The maximum Gasteiger partial charge on any atom is 0.387 e. The predicted octanol–water partition coefficient (Wildman–Crippen LogP) is 6.71. The van der Waals surface area contributed by atoms with Gasteiger partial charge in [0, 0.05) is 10.7 Å². The average molecular weight is 386 g/mol. The first kappa shape index (κ1) is 17.8. The molecular weight excluding hydrogens is 368 g/mol. The zero-order valence-corrected chi connectivity index (χ0v) is 15.2. The fourth-order valence-corrected chi connectivity index (χ4v) is 3.81. The molecule has 1 unspecified atom stereocenters. The van der Waals surface area contributed by atoms with E-state index in [1.807, 2.05) is 30.3 Å². The van der Waals surface area contributed by atoms with Crippen LogP contribution in [0.15, 0.2) is 66.7 Å². The summed E-state index contributed by atoms with van der Waals surface area (Å²) in [7, 11) is 0. The zero-order chi connectivity index (χ0) is 18.8. The fourth-order valence-electron chi connectivity index (χ4n) is 3.62. The maximum absolute atomic E-state index is 12.5. The Balaban J connectivity index is 1.62. The molecule has 138 valence electrons. The van der Waals surface area contributed by atoms with E-state index in [1.165, 1.54) is 5.56 Å². The zero-order valence-electron chi connectivity index (χ0n) is 14.5. The van der Waals surface area contributed by atoms with E-state index in [4.69, 9.17) is 11.6 Å². The van der Waals surface area contributed by atoms with Crippen molar-refractivity contribution in [2.75, 3.05) is 5.32 Å². The fraction of sp³-hybridized carbons (Fsp3) is 0.182. The Labute approximate surface area is 161 Å². The molecule has 0 aromatic heterocycles. The molecule has 0 fully saturated rings. The Morgan fingerprint density at radius 2 is 1.81 bits per heavy atom. The van der Waals surface area contributed by atoms with Gasteiger partial charge in [-0.05, 0) is 65.4 Å². The highest BCUT2D eigenvalue weighted by molar-refractivity contribution is 6.30. The lowest BCUT2D eigenvalue weighted by molar-refractivity contribution is -0.0498. The molecule has 0 spiro atoms. The highest BCUT2D eigenvalue weighted by Gasteiger charge is 2.22. The Bertz CT molecular complexity index is 961. The van der Waals surface area contributed by atoms with Crippen molar-refractivity contribution in [3.8, 4) is 16.9 Å². The number of alkyl halides is 2. The van der Waals surface area contributed by atoms with Crippen molar-refractivity contribution >= 4 is 17.3 Å². The molecule has 27 heavy (non-hydrogen) atoms. The summed E-state index contributed by atoms with van der Waals surface area (Å²) in [5.74, 6) is 0.183. The molecule has 4 rings (SSSR count). The molecule has 0 bridgehead atoms. The van der Waals surface area contributed by atoms with Gasteiger partial charge in [-0.25, -0.2) is 0 Å². The van der Waals surface area contributed by atoms with E-state index in [1.54, 1.807) is 18.2 Å². The second-order valence-corrected chi connectivity index (χ2v) is 6.97. The van der Waals surface area contributed by atoms with Crippen molar-refractivity contribution in [1.29, 1.82) is 0 Å². The van der Waals surface area contributed by atoms with Crippen molar-refractivity contribution in [2.45, 2.75) is 25.5 Å². The summed E-state index contributed by atoms with van der Waals surface area (Å²) in [6.07, 6.45) is 1.75. The molecule has 0 saturated carbocycles. The van der Waals surface area contributed by atoms with Crippen LogP contribution in [-0.2, 0) is 6.42 Å². The molecule has 1 aliphatic heterocycles. The van der Waals surface area contributed by atoms with E-state index < -0.39 is 6.61 Å². The van der Waals surface area contributed by atoms with Crippen LogP contribution in [0.25, 0.3) is 11.1 Å². The van der Waals surface area contributed by atoms with Gasteiger partial charge in [-0.15, -0.1) is 0 Å². The molecule has 1 atom stereocenters. The monoisotopic (exact) mass is 385 g/mol. The lowest BCUT2D eigenvalue weighted by Crippen LogP contribution is -2.18. The minimum absolute atomic E-state index is 0.0494. The lowest BCUT2D eigenvalue weighted by atomic mass is 9.88. The molecular formula is C22H18ClF2NO. The van der Waals surface area contributed by atoms with Crippen molar-refractivity contribution in [3.05, 3.63) is 82.9 Å². The predicted molar refractivity (Wildman–Crippen MR) is 105 cm³/mol. The molecule has 0 aliphatic carbocycles. The Morgan fingerprint density at radius 1 is 1.00 bits per heavy atom. The summed E-state index contributed by atoms with van der Waals surface area (Å²) in [6, 6.07) is 20.9. The third-order valence-electron chi connectivity index (χ3n) is 4.81. The molecule has 0 radical (unpaired) electrons. The van der Waals surface area contributed by atoms with Crippen LogP contribution < -0.4 is 10.1 Å². The first-order valence-corrected chi connectivity index (χ1v) is 9.17. The van der Waals surface area contributed by atoms with Gasteiger partial charge in [-0.1, -0.05) is 48.0 Å². The number of hydrogen-bond donors (Lipinski definition) is 1. The topological polar surface area (TPSA) is 21.3 Å². The lowest BCUT2D eigenvalue weighted by Gasteiger charge is -2.29. The van der Waals surface area contributed by atoms with E-state index in [9.17, 15) is 8.78 Å². The molecule has 1 aliphatic rings. The molecule has 3 aromatic carbocycles. The third-order valence-corrected chi connectivity index (χ3v) is 5.05. The van der Waals surface area contributed by atoms with Crippen LogP contribution >= 0.6 is 11.6 Å². The van der Waals surface area contributed by atoms with Crippen LogP contribution in [0.4, 0.5) is 14.5 Å². The normalized spacial score (nSPS) is 15.9. The first-order chi connectivity index (χ1) is 13.1. The quantitative estimate of drug-likeness (QED) is 0.539. The van der Waals surface area contributed by atoms with Crippen molar-refractivity contribution in [3.63, 3.8) is 0 Å². The highest BCUT2D eigenvalue weighted by atomic mass is 35.5. The van der Waals surface area contributed by atoms with E-state index in [0.717, 1.165) is 35.2 Å². The molecule has 3 aromatic rings. The van der Waals surface area contributed by atoms with Gasteiger partial charge in [-0.2, -0.15) is 8.78 Å². The number of fused-ring (bicyclic) bond motifs is 1. The average Bonchev–Trinajstić information content (AvgIpc) is 2.67. The minimum Gasteiger partial charge on any atom is -0.435 e. The number of halogens is 3. The van der Waals surface area contributed by atoms with E-state index in [-0.39, 0.29) is 11.8 Å². The van der Waals surface area contributed by atoms with Gasteiger partial charge >= 0.3 is 6.61 Å². The molecule has 5 heteroatoms. The Morgan fingerprint density at radius 3 is 2.63 bits per heavy atom. The van der Waals surface area contributed by atoms with Gasteiger partial charge < -0.3 is 10.1 Å². The molecule has 0 amide bonds. The summed E-state index contributed by atoms with van der Waals surface area (Å²) in [5, 5.41) is 4.25. The largest absolute Gasteiger partial charge is 0.435 e. The summed E-state index contributed by atoms with van der Waals surface area (Å²) in [6.45, 7) is -2.82. The summed E-state index contributed by atoms with van der Waals surface area (Å²) in [4.78, 5) is 0. The van der Waals surface area contributed by atoms with E-state index in [2.05, 4.69) is 28.3 Å². The number of nitrogens with one attached hydrogen (secondary N) is 1. The summed E-state index contributed by atoms with van der Waals surface area (Å²) < 4.78 is 29.5. The Hall–Kier alpha value is -2.59. The first-order valence-electron chi connectivity index (χ1n) is 8.79. The van der Waals surface area contributed by atoms with E-state index >= 15 is 0 Å². The summed E-state index contributed by atoms with van der Waals surface area (Å²) in [5.41, 5.74) is 5.49. The molecule has 1 heterocycles. The van der Waals surface area contributed by atoms with Crippen LogP contribution in [-0.4, -0.2) is 6.61 Å². The smallest absolute Gasteiger partial charge is 0.387 e. The minimum atomic E-state index is -2.82. The molecule has 2 nitrogen and oxygen atoms in total. The van der Waals surface area contributed by atoms with Gasteiger partial charge in [0.1, 0.15) is 5.75 Å². The SMILES string of the molecule is FC(F)Oc1cccc(C2CCc3c(cccc3-c3cccc(Cl)c3)N2)c1. The number of rotatable bonds is 4. The van der Waals surface area contributed by atoms with Crippen molar-refractivity contribution in [1.82, 2.24) is 0 Å². The Kier molecular flexibility index (Phi) is 4.99. The van der Waals surface area contributed by atoms with Crippen LogP contribution in [0.2, 0.25) is 5.02 Å². The van der Waals surface area contributed by atoms with Gasteiger partial charge in [0.25, 0.3) is 0 Å². The van der Waals surface area contributed by atoms with Crippen molar-refractivity contribution < 1.29 is 13.5 Å². The number of benzene rings is 3. The number of hydrogen-bond acceptors (Lipinski definition) is 2. The maximum atomic E-state index is 12.5. The third kappa shape index (κ3) is 3.91. The van der Waals surface area contributed by atoms with Crippen LogP contribution in [0.3, 0.4) is 0 Å². The van der Waals surface area contributed by atoms with Crippen LogP contribution in [0.5, 0.6) is 5.75 Å². The molecule has 1 N–H and O–H groups in total. The van der Waals surface area contributed by atoms with E-state index in [0.29, 0.717) is 5.02 Å². The van der Waals surface area contributed by atoms with Gasteiger partial charge in [-0.3, -0.25) is 0 Å². The van der Waals surface area contributed by atoms with Gasteiger partial charge in [0.2, 0.25) is 0 Å². The molecule has 0 saturated heterocycles. The van der Waals surface area contributed by atoms with Gasteiger partial charge in [0.15, 0.2) is 0 Å².